The first-order valence-corrected chi connectivity index (χ1v) is 9.13. The summed E-state index contributed by atoms with van der Waals surface area (Å²) < 4.78 is 11.5. The SMILES string of the molecule is COc1ccc(Cc2cc3ccccc3cc2OCc2ccccc2)cc1. The van der Waals surface area contributed by atoms with Gasteiger partial charge in [-0.2, -0.15) is 0 Å². The molecular weight excluding hydrogens is 332 g/mol. The minimum absolute atomic E-state index is 0.564. The van der Waals surface area contributed by atoms with Gasteiger partial charge in [-0.05, 0) is 51.7 Å². The van der Waals surface area contributed by atoms with Crippen molar-refractivity contribution in [3.63, 3.8) is 0 Å². The van der Waals surface area contributed by atoms with Crippen molar-refractivity contribution >= 4 is 10.8 Å². The van der Waals surface area contributed by atoms with E-state index in [4.69, 9.17) is 9.47 Å². The zero-order chi connectivity index (χ0) is 18.5. The van der Waals surface area contributed by atoms with E-state index in [1.54, 1.807) is 7.11 Å². The molecule has 0 amide bonds. The van der Waals surface area contributed by atoms with Gasteiger partial charge in [0, 0.05) is 6.42 Å². The smallest absolute Gasteiger partial charge is 0.123 e. The summed E-state index contributed by atoms with van der Waals surface area (Å²) in [6.07, 6.45) is 0.818. The van der Waals surface area contributed by atoms with Gasteiger partial charge >= 0.3 is 0 Å². The van der Waals surface area contributed by atoms with Crippen LogP contribution in [0.15, 0.2) is 91.0 Å². The Hall–Kier alpha value is -3.26. The van der Waals surface area contributed by atoms with Crippen LogP contribution in [0.4, 0.5) is 0 Å². The van der Waals surface area contributed by atoms with E-state index in [9.17, 15) is 0 Å². The van der Waals surface area contributed by atoms with Crippen molar-refractivity contribution in [3.8, 4) is 11.5 Å². The zero-order valence-electron chi connectivity index (χ0n) is 15.4. The highest BCUT2D eigenvalue weighted by Crippen LogP contribution is 2.29. The van der Waals surface area contributed by atoms with Gasteiger partial charge in [0.2, 0.25) is 0 Å². The number of ether oxygens (including phenoxy) is 2. The van der Waals surface area contributed by atoms with Crippen LogP contribution in [0.1, 0.15) is 16.7 Å². The van der Waals surface area contributed by atoms with Crippen LogP contribution in [0.2, 0.25) is 0 Å². The van der Waals surface area contributed by atoms with E-state index in [0.29, 0.717) is 6.61 Å². The van der Waals surface area contributed by atoms with Crippen LogP contribution in [0.25, 0.3) is 10.8 Å². The number of rotatable bonds is 6. The topological polar surface area (TPSA) is 18.5 Å². The van der Waals surface area contributed by atoms with E-state index in [-0.39, 0.29) is 0 Å². The molecule has 0 aliphatic rings. The Morgan fingerprint density at radius 1 is 0.667 bits per heavy atom. The van der Waals surface area contributed by atoms with Gasteiger partial charge < -0.3 is 9.47 Å². The molecule has 0 radical (unpaired) electrons. The van der Waals surface area contributed by atoms with Crippen LogP contribution < -0.4 is 9.47 Å². The average molecular weight is 354 g/mol. The summed E-state index contributed by atoms with van der Waals surface area (Å²) in [5.41, 5.74) is 3.59. The molecule has 0 saturated heterocycles. The van der Waals surface area contributed by atoms with Crippen molar-refractivity contribution in [3.05, 3.63) is 108 Å². The van der Waals surface area contributed by atoms with Crippen molar-refractivity contribution in [1.29, 1.82) is 0 Å². The Balaban J connectivity index is 1.65. The Morgan fingerprint density at radius 3 is 2.04 bits per heavy atom. The van der Waals surface area contributed by atoms with E-state index in [0.717, 1.165) is 17.9 Å². The molecule has 0 aliphatic heterocycles. The molecular formula is C25H22O2. The molecule has 0 heterocycles. The number of fused-ring (bicyclic) bond motifs is 1. The summed E-state index contributed by atoms with van der Waals surface area (Å²) >= 11 is 0. The molecule has 27 heavy (non-hydrogen) atoms. The molecule has 0 unspecified atom stereocenters. The highest BCUT2D eigenvalue weighted by atomic mass is 16.5. The molecule has 2 nitrogen and oxygen atoms in total. The standard InChI is InChI=1S/C25H22O2/c1-26-24-13-11-19(12-14-24)15-23-16-21-9-5-6-10-22(21)17-25(23)27-18-20-7-3-2-4-8-20/h2-14,16-17H,15,18H2,1H3. The van der Waals surface area contributed by atoms with E-state index < -0.39 is 0 Å². The van der Waals surface area contributed by atoms with Gasteiger partial charge in [0.1, 0.15) is 18.1 Å². The molecule has 0 fully saturated rings. The summed E-state index contributed by atoms with van der Waals surface area (Å²) in [4.78, 5) is 0. The molecule has 2 heteroatoms. The quantitative estimate of drug-likeness (QED) is 0.422. The molecule has 4 aromatic rings. The number of hydrogen-bond donors (Lipinski definition) is 0. The molecule has 0 atom stereocenters. The minimum atomic E-state index is 0.564. The van der Waals surface area contributed by atoms with Crippen molar-refractivity contribution in [2.75, 3.05) is 7.11 Å². The van der Waals surface area contributed by atoms with Crippen LogP contribution in [-0.2, 0) is 13.0 Å². The monoisotopic (exact) mass is 354 g/mol. The number of hydrogen-bond acceptors (Lipinski definition) is 2. The second-order valence-electron chi connectivity index (χ2n) is 6.61. The minimum Gasteiger partial charge on any atom is -0.497 e. The largest absolute Gasteiger partial charge is 0.497 e. The lowest BCUT2D eigenvalue weighted by atomic mass is 10.00. The van der Waals surface area contributed by atoms with Gasteiger partial charge in [-0.1, -0.05) is 66.7 Å². The number of benzene rings is 4. The van der Waals surface area contributed by atoms with Crippen LogP contribution in [0, 0.1) is 0 Å². The molecule has 0 saturated carbocycles. The van der Waals surface area contributed by atoms with Gasteiger partial charge in [0.05, 0.1) is 7.11 Å². The molecule has 4 rings (SSSR count). The second-order valence-corrected chi connectivity index (χ2v) is 6.61. The van der Waals surface area contributed by atoms with Crippen molar-refractivity contribution in [1.82, 2.24) is 0 Å². The summed E-state index contributed by atoms with van der Waals surface area (Å²) in [7, 11) is 1.69. The lowest BCUT2D eigenvalue weighted by Crippen LogP contribution is -2.00. The summed E-state index contributed by atoms with van der Waals surface area (Å²) in [5, 5.41) is 2.42. The molecule has 0 N–H and O–H groups in total. The van der Waals surface area contributed by atoms with Crippen LogP contribution in [0.5, 0.6) is 11.5 Å². The van der Waals surface area contributed by atoms with Gasteiger partial charge in [-0.25, -0.2) is 0 Å². The Kier molecular flexibility index (Phi) is 5.06. The summed E-state index contributed by atoms with van der Waals surface area (Å²) in [5.74, 6) is 1.81. The lowest BCUT2D eigenvalue weighted by molar-refractivity contribution is 0.304. The fourth-order valence-corrected chi connectivity index (χ4v) is 3.24. The van der Waals surface area contributed by atoms with Crippen molar-refractivity contribution < 1.29 is 9.47 Å². The first-order chi connectivity index (χ1) is 13.3. The maximum atomic E-state index is 6.22. The predicted molar refractivity (Wildman–Crippen MR) is 111 cm³/mol. The highest BCUT2D eigenvalue weighted by Gasteiger charge is 2.08. The third kappa shape index (κ3) is 4.12. The van der Waals surface area contributed by atoms with Gasteiger partial charge in [0.15, 0.2) is 0 Å². The normalized spacial score (nSPS) is 10.7. The van der Waals surface area contributed by atoms with Crippen LogP contribution in [-0.4, -0.2) is 7.11 Å². The van der Waals surface area contributed by atoms with E-state index in [2.05, 4.69) is 60.7 Å². The van der Waals surface area contributed by atoms with E-state index >= 15 is 0 Å². The third-order valence-electron chi connectivity index (χ3n) is 4.72. The highest BCUT2D eigenvalue weighted by molar-refractivity contribution is 5.85. The maximum absolute atomic E-state index is 6.22. The van der Waals surface area contributed by atoms with Gasteiger partial charge in [0.25, 0.3) is 0 Å². The second kappa shape index (κ2) is 7.96. The van der Waals surface area contributed by atoms with E-state index in [1.807, 2.05) is 30.3 Å². The Bertz CT molecular complexity index is 1020. The first kappa shape index (κ1) is 17.2. The van der Waals surface area contributed by atoms with Crippen LogP contribution >= 0.6 is 0 Å². The molecule has 0 aliphatic carbocycles. The number of methoxy groups -OCH3 is 1. The molecule has 0 spiro atoms. The zero-order valence-corrected chi connectivity index (χ0v) is 15.4. The van der Waals surface area contributed by atoms with E-state index in [1.165, 1.54) is 27.5 Å². The summed E-state index contributed by atoms with van der Waals surface area (Å²) in [6, 6.07) is 31.3. The van der Waals surface area contributed by atoms with Crippen molar-refractivity contribution in [2.24, 2.45) is 0 Å². The van der Waals surface area contributed by atoms with Crippen LogP contribution in [0.3, 0.4) is 0 Å². The maximum Gasteiger partial charge on any atom is 0.123 e. The fraction of sp³-hybridized carbons (Fsp3) is 0.120. The molecule has 4 aromatic carbocycles. The van der Waals surface area contributed by atoms with Gasteiger partial charge in [-0.15, -0.1) is 0 Å². The molecule has 134 valence electrons. The Labute approximate surface area is 160 Å². The third-order valence-corrected chi connectivity index (χ3v) is 4.72. The Morgan fingerprint density at radius 2 is 1.33 bits per heavy atom. The fourth-order valence-electron chi connectivity index (χ4n) is 3.24. The summed E-state index contributed by atoms with van der Waals surface area (Å²) in [6.45, 7) is 0.564. The predicted octanol–water partition coefficient (Wildman–Crippen LogP) is 6.02. The molecule has 0 bridgehead atoms. The van der Waals surface area contributed by atoms with Gasteiger partial charge in [-0.3, -0.25) is 0 Å². The molecule has 0 aromatic heterocycles. The van der Waals surface area contributed by atoms with Crippen molar-refractivity contribution in [2.45, 2.75) is 13.0 Å². The lowest BCUT2D eigenvalue weighted by Gasteiger charge is -2.14. The average Bonchev–Trinajstić information content (AvgIpc) is 2.73. The first-order valence-electron chi connectivity index (χ1n) is 9.13.